The molecule has 3 nitrogen and oxygen atoms in total. The molecule has 0 bridgehead atoms. The number of hydrogen-bond donors (Lipinski definition) is 1. The van der Waals surface area contributed by atoms with E-state index in [9.17, 15) is 0 Å². The normalized spacial score (nSPS) is 10.7. The van der Waals surface area contributed by atoms with Crippen molar-refractivity contribution >= 4 is 34.8 Å². The third kappa shape index (κ3) is 5.18. The Morgan fingerprint density at radius 2 is 1.62 bits per heavy atom. The first-order chi connectivity index (χ1) is 11.5. The van der Waals surface area contributed by atoms with E-state index in [1.54, 1.807) is 12.1 Å². The van der Waals surface area contributed by atoms with Gasteiger partial charge in [0.2, 0.25) is 0 Å². The molecule has 24 heavy (non-hydrogen) atoms. The maximum Gasteiger partial charge on any atom is 0.180 e. The van der Waals surface area contributed by atoms with Gasteiger partial charge in [-0.2, -0.15) is 0 Å². The average Bonchev–Trinajstić information content (AvgIpc) is 2.55. The zero-order chi connectivity index (χ0) is 17.5. The molecule has 0 spiro atoms. The maximum atomic E-state index is 6.39. The van der Waals surface area contributed by atoms with Crippen LogP contribution < -0.4 is 14.8 Å². The molecule has 0 aliphatic carbocycles. The second-order valence-corrected chi connectivity index (χ2v) is 6.38. The SMILES string of the molecule is CCNCc1cc(Cl)c(OCc2ccc(Cl)c(Cl)c2)c(OCC)c1. The number of nitrogens with one attached hydrogen (secondary N) is 1. The van der Waals surface area contributed by atoms with Crippen molar-refractivity contribution in [2.75, 3.05) is 13.2 Å². The van der Waals surface area contributed by atoms with Gasteiger partial charge in [0.05, 0.1) is 21.7 Å². The first kappa shape index (κ1) is 19.2. The summed E-state index contributed by atoms with van der Waals surface area (Å²) in [5.74, 6) is 1.17. The topological polar surface area (TPSA) is 30.5 Å². The van der Waals surface area contributed by atoms with Gasteiger partial charge < -0.3 is 14.8 Å². The third-order valence-electron chi connectivity index (χ3n) is 3.32. The van der Waals surface area contributed by atoms with Crippen molar-refractivity contribution in [2.24, 2.45) is 0 Å². The fourth-order valence-electron chi connectivity index (χ4n) is 2.18. The number of halogens is 3. The molecule has 0 saturated carbocycles. The molecule has 0 heterocycles. The summed E-state index contributed by atoms with van der Waals surface area (Å²) < 4.78 is 11.6. The zero-order valence-corrected chi connectivity index (χ0v) is 15.9. The monoisotopic (exact) mass is 387 g/mol. The summed E-state index contributed by atoms with van der Waals surface area (Å²) in [6.45, 7) is 6.45. The minimum atomic E-state index is 0.323. The highest BCUT2D eigenvalue weighted by Crippen LogP contribution is 2.37. The molecule has 0 aromatic heterocycles. The molecule has 2 aromatic carbocycles. The Kier molecular flexibility index (Phi) is 7.50. The summed E-state index contributed by atoms with van der Waals surface area (Å²) in [5.41, 5.74) is 1.95. The van der Waals surface area contributed by atoms with E-state index in [1.807, 2.05) is 25.1 Å². The van der Waals surface area contributed by atoms with Gasteiger partial charge in [0, 0.05) is 6.54 Å². The van der Waals surface area contributed by atoms with Gasteiger partial charge in [-0.05, 0) is 48.9 Å². The average molecular weight is 389 g/mol. The van der Waals surface area contributed by atoms with Gasteiger partial charge in [0.25, 0.3) is 0 Å². The van der Waals surface area contributed by atoms with Crippen LogP contribution in [0, 0.1) is 0 Å². The Morgan fingerprint density at radius 1 is 0.875 bits per heavy atom. The highest BCUT2D eigenvalue weighted by atomic mass is 35.5. The van der Waals surface area contributed by atoms with Gasteiger partial charge in [-0.15, -0.1) is 0 Å². The van der Waals surface area contributed by atoms with E-state index < -0.39 is 0 Å². The van der Waals surface area contributed by atoms with Gasteiger partial charge >= 0.3 is 0 Å². The van der Waals surface area contributed by atoms with Gasteiger partial charge in [-0.25, -0.2) is 0 Å². The fraction of sp³-hybridized carbons (Fsp3) is 0.333. The van der Waals surface area contributed by atoms with E-state index >= 15 is 0 Å². The minimum absolute atomic E-state index is 0.323. The summed E-state index contributed by atoms with van der Waals surface area (Å²) >= 11 is 18.4. The van der Waals surface area contributed by atoms with Crippen LogP contribution in [0.15, 0.2) is 30.3 Å². The molecule has 0 fully saturated rings. The van der Waals surface area contributed by atoms with Crippen LogP contribution in [0.4, 0.5) is 0 Å². The lowest BCUT2D eigenvalue weighted by molar-refractivity contribution is 0.269. The lowest BCUT2D eigenvalue weighted by Crippen LogP contribution is -2.12. The summed E-state index contributed by atoms with van der Waals surface area (Å²) in [6.07, 6.45) is 0. The molecule has 0 aliphatic rings. The predicted molar refractivity (Wildman–Crippen MR) is 101 cm³/mol. The molecule has 0 saturated heterocycles. The van der Waals surface area contributed by atoms with Crippen LogP contribution in [0.1, 0.15) is 25.0 Å². The summed E-state index contributed by atoms with van der Waals surface area (Å²) in [6, 6.07) is 9.21. The van der Waals surface area contributed by atoms with Crippen LogP contribution in [0.5, 0.6) is 11.5 Å². The van der Waals surface area contributed by atoms with Crippen molar-refractivity contribution in [2.45, 2.75) is 27.0 Å². The Labute approximate surface area is 157 Å². The quantitative estimate of drug-likeness (QED) is 0.626. The van der Waals surface area contributed by atoms with E-state index in [1.165, 1.54) is 0 Å². The van der Waals surface area contributed by atoms with Crippen molar-refractivity contribution < 1.29 is 9.47 Å². The maximum absolute atomic E-state index is 6.39. The van der Waals surface area contributed by atoms with Crippen LogP contribution in [0.3, 0.4) is 0 Å². The number of hydrogen-bond acceptors (Lipinski definition) is 3. The molecule has 2 aromatic rings. The Balaban J connectivity index is 2.19. The van der Waals surface area contributed by atoms with Crippen molar-refractivity contribution in [1.29, 1.82) is 0 Å². The summed E-state index contributed by atoms with van der Waals surface area (Å²) in [4.78, 5) is 0. The molecular weight excluding hydrogens is 369 g/mol. The van der Waals surface area contributed by atoms with E-state index in [0.717, 1.165) is 24.2 Å². The van der Waals surface area contributed by atoms with Crippen LogP contribution in [-0.4, -0.2) is 13.2 Å². The standard InChI is InChI=1S/C18H20Cl3NO2/c1-3-22-10-13-8-16(21)18(17(9-13)23-4-2)24-11-12-5-6-14(19)15(20)7-12/h5-9,22H,3-4,10-11H2,1-2H3. The molecule has 0 aliphatic heterocycles. The lowest BCUT2D eigenvalue weighted by atomic mass is 10.2. The highest BCUT2D eigenvalue weighted by molar-refractivity contribution is 6.42. The Morgan fingerprint density at radius 3 is 2.29 bits per heavy atom. The molecule has 6 heteroatoms. The molecule has 1 N–H and O–H groups in total. The first-order valence-electron chi connectivity index (χ1n) is 7.77. The van der Waals surface area contributed by atoms with E-state index in [4.69, 9.17) is 44.3 Å². The van der Waals surface area contributed by atoms with Crippen LogP contribution in [-0.2, 0) is 13.2 Å². The number of rotatable bonds is 8. The van der Waals surface area contributed by atoms with E-state index in [0.29, 0.717) is 39.8 Å². The second-order valence-electron chi connectivity index (χ2n) is 5.16. The molecular formula is C18H20Cl3NO2. The van der Waals surface area contributed by atoms with E-state index in [2.05, 4.69) is 12.2 Å². The van der Waals surface area contributed by atoms with Crippen molar-refractivity contribution in [3.8, 4) is 11.5 Å². The zero-order valence-electron chi connectivity index (χ0n) is 13.7. The van der Waals surface area contributed by atoms with Crippen molar-refractivity contribution in [1.82, 2.24) is 5.32 Å². The van der Waals surface area contributed by atoms with Crippen molar-refractivity contribution in [3.05, 3.63) is 56.5 Å². The lowest BCUT2D eigenvalue weighted by Gasteiger charge is -2.16. The Bertz CT molecular complexity index is 692. The van der Waals surface area contributed by atoms with Gasteiger partial charge in [0.1, 0.15) is 6.61 Å². The summed E-state index contributed by atoms with van der Waals surface area (Å²) in [7, 11) is 0. The second kappa shape index (κ2) is 9.38. The molecule has 0 radical (unpaired) electrons. The largest absolute Gasteiger partial charge is 0.490 e. The van der Waals surface area contributed by atoms with Gasteiger partial charge in [-0.3, -0.25) is 0 Å². The number of ether oxygens (including phenoxy) is 2. The van der Waals surface area contributed by atoms with Crippen LogP contribution in [0.25, 0.3) is 0 Å². The highest BCUT2D eigenvalue weighted by Gasteiger charge is 2.13. The predicted octanol–water partition coefficient (Wildman–Crippen LogP) is 5.73. The molecule has 130 valence electrons. The van der Waals surface area contributed by atoms with Crippen molar-refractivity contribution in [3.63, 3.8) is 0 Å². The van der Waals surface area contributed by atoms with Gasteiger partial charge in [0.15, 0.2) is 11.5 Å². The third-order valence-corrected chi connectivity index (χ3v) is 4.34. The Hall–Kier alpha value is -1.13. The molecule has 0 unspecified atom stereocenters. The number of benzene rings is 2. The van der Waals surface area contributed by atoms with Crippen LogP contribution >= 0.6 is 34.8 Å². The smallest absolute Gasteiger partial charge is 0.180 e. The fourth-order valence-corrected chi connectivity index (χ4v) is 2.79. The minimum Gasteiger partial charge on any atom is -0.490 e. The molecule has 0 atom stereocenters. The first-order valence-corrected chi connectivity index (χ1v) is 8.91. The van der Waals surface area contributed by atoms with Gasteiger partial charge in [-0.1, -0.05) is 47.8 Å². The van der Waals surface area contributed by atoms with E-state index in [-0.39, 0.29) is 0 Å². The molecule has 0 amide bonds. The summed E-state index contributed by atoms with van der Waals surface area (Å²) in [5, 5.41) is 4.80. The molecule has 2 rings (SSSR count). The van der Waals surface area contributed by atoms with Crippen LogP contribution in [0.2, 0.25) is 15.1 Å².